The highest BCUT2D eigenvalue weighted by Crippen LogP contribution is 2.33. The Morgan fingerprint density at radius 1 is 1.38 bits per heavy atom. The summed E-state index contributed by atoms with van der Waals surface area (Å²) in [4.78, 5) is 24.3. The number of nitrogens with two attached hydrogens (primary N) is 1. The van der Waals surface area contributed by atoms with Crippen LogP contribution >= 0.6 is 0 Å². The molecule has 0 aromatic carbocycles. The second-order valence-electron chi connectivity index (χ2n) is 7.04. The molecule has 3 heterocycles. The van der Waals surface area contributed by atoms with Gasteiger partial charge in [0.1, 0.15) is 30.5 Å². The van der Waals surface area contributed by atoms with Gasteiger partial charge in [0.15, 0.2) is 23.2 Å². The number of fused-ring (bicyclic) bond motifs is 1. The molecule has 1 unspecified atom stereocenters. The minimum absolute atomic E-state index is 0.239. The summed E-state index contributed by atoms with van der Waals surface area (Å²) in [7, 11) is 0. The number of nitrogens with one attached hydrogen (secondary N) is 1. The van der Waals surface area contributed by atoms with Gasteiger partial charge in [0, 0.05) is 19.5 Å². The predicted molar refractivity (Wildman–Crippen MR) is 104 cm³/mol. The van der Waals surface area contributed by atoms with E-state index in [9.17, 15) is 15.0 Å². The summed E-state index contributed by atoms with van der Waals surface area (Å²) in [5, 5.41) is 24.2. The van der Waals surface area contributed by atoms with Crippen LogP contribution in [0.1, 0.15) is 32.8 Å². The van der Waals surface area contributed by atoms with E-state index in [0.717, 1.165) is 0 Å². The number of aryl methyl sites for hydroxylation is 1. The maximum atomic E-state index is 11.7. The van der Waals surface area contributed by atoms with Crippen molar-refractivity contribution in [3.05, 3.63) is 12.2 Å². The lowest BCUT2D eigenvalue weighted by Gasteiger charge is -2.19. The molecule has 5 N–H and O–H groups in total. The van der Waals surface area contributed by atoms with Crippen molar-refractivity contribution in [3.8, 4) is 0 Å². The van der Waals surface area contributed by atoms with Crippen molar-refractivity contribution in [1.29, 1.82) is 0 Å². The van der Waals surface area contributed by atoms with Crippen LogP contribution in [0.15, 0.2) is 6.33 Å². The molecule has 0 aliphatic carbocycles. The number of anilines is 1. The van der Waals surface area contributed by atoms with Gasteiger partial charge >= 0.3 is 5.97 Å². The Balaban J connectivity index is 1.73. The number of hydrogen-bond donors (Lipinski definition) is 4. The number of aliphatic hydroxyl groups excluding tert-OH is 2. The van der Waals surface area contributed by atoms with Gasteiger partial charge in [0.2, 0.25) is 0 Å². The van der Waals surface area contributed by atoms with Crippen LogP contribution in [0.3, 0.4) is 0 Å². The Hall–Kier alpha value is -2.34. The van der Waals surface area contributed by atoms with E-state index < -0.39 is 24.5 Å². The number of carbonyl (C=O) groups is 1. The van der Waals surface area contributed by atoms with Gasteiger partial charge in [-0.3, -0.25) is 9.36 Å². The predicted octanol–water partition coefficient (Wildman–Crippen LogP) is -0.621. The summed E-state index contributed by atoms with van der Waals surface area (Å²) in [6, 6.07) is 0. The van der Waals surface area contributed by atoms with Crippen LogP contribution in [0.4, 0.5) is 5.82 Å². The van der Waals surface area contributed by atoms with E-state index in [-0.39, 0.29) is 24.2 Å². The topological polar surface area (TPSA) is 158 Å². The zero-order valence-corrected chi connectivity index (χ0v) is 16.8. The van der Waals surface area contributed by atoms with Crippen molar-refractivity contribution in [3.63, 3.8) is 0 Å². The van der Waals surface area contributed by atoms with Gasteiger partial charge in [-0.05, 0) is 6.92 Å². The van der Waals surface area contributed by atoms with E-state index >= 15 is 0 Å². The Labute approximate surface area is 168 Å². The lowest BCUT2D eigenvalue weighted by atomic mass is 10.1. The maximum absolute atomic E-state index is 11.7. The van der Waals surface area contributed by atoms with Crippen LogP contribution in [-0.2, 0) is 20.7 Å². The van der Waals surface area contributed by atoms with Gasteiger partial charge in [-0.25, -0.2) is 15.0 Å². The average molecular weight is 408 g/mol. The van der Waals surface area contributed by atoms with E-state index in [1.807, 2.05) is 6.92 Å². The summed E-state index contributed by atoms with van der Waals surface area (Å²) in [5.41, 5.74) is 6.76. The van der Waals surface area contributed by atoms with E-state index in [1.165, 1.54) is 6.33 Å². The number of aliphatic hydroxyl groups is 2. The molecule has 0 radical (unpaired) electrons. The van der Waals surface area contributed by atoms with Crippen LogP contribution in [0, 0.1) is 5.92 Å². The molecule has 11 heteroatoms. The lowest BCUT2D eigenvalue weighted by molar-refractivity contribution is -0.147. The SMILES string of the molecule is CCOC(=O)C(C)CNC[C@H]1O[C@@H](n2c(CC)nc3c(N)ncnc32)[C@H](O)[C@@H]1O. The zero-order valence-electron chi connectivity index (χ0n) is 16.8. The molecule has 160 valence electrons. The van der Waals surface area contributed by atoms with E-state index in [0.29, 0.717) is 36.6 Å². The summed E-state index contributed by atoms with van der Waals surface area (Å²) in [6.07, 6.45) is -1.96. The fraction of sp³-hybridized carbons (Fsp3) is 0.667. The highest BCUT2D eigenvalue weighted by molar-refractivity contribution is 5.82. The molecule has 0 spiro atoms. The number of aromatic nitrogens is 4. The number of hydrogen-bond acceptors (Lipinski definition) is 10. The lowest BCUT2D eigenvalue weighted by Crippen LogP contribution is -2.39. The quantitative estimate of drug-likeness (QED) is 0.415. The molecule has 1 fully saturated rings. The highest BCUT2D eigenvalue weighted by Gasteiger charge is 2.44. The Bertz CT molecular complexity index is 859. The molecular weight excluding hydrogens is 380 g/mol. The van der Waals surface area contributed by atoms with Crippen LogP contribution in [0.2, 0.25) is 0 Å². The third-order valence-corrected chi connectivity index (χ3v) is 4.97. The van der Waals surface area contributed by atoms with Gasteiger partial charge in [0.05, 0.1) is 12.5 Å². The van der Waals surface area contributed by atoms with E-state index in [1.54, 1.807) is 18.4 Å². The van der Waals surface area contributed by atoms with Gasteiger partial charge < -0.3 is 30.7 Å². The second kappa shape index (κ2) is 8.99. The molecular formula is C18H28N6O5. The molecule has 0 bridgehead atoms. The van der Waals surface area contributed by atoms with E-state index in [2.05, 4.69) is 20.3 Å². The van der Waals surface area contributed by atoms with Crippen molar-refractivity contribution in [1.82, 2.24) is 24.8 Å². The molecule has 29 heavy (non-hydrogen) atoms. The molecule has 11 nitrogen and oxygen atoms in total. The monoisotopic (exact) mass is 408 g/mol. The molecule has 0 amide bonds. The van der Waals surface area contributed by atoms with Crippen LogP contribution in [-0.4, -0.2) is 73.7 Å². The number of carbonyl (C=O) groups excluding carboxylic acids is 1. The first kappa shape index (κ1) is 21.4. The van der Waals surface area contributed by atoms with Gasteiger partial charge in [-0.1, -0.05) is 13.8 Å². The summed E-state index contributed by atoms with van der Waals surface area (Å²) >= 11 is 0. The molecule has 0 saturated carbocycles. The third kappa shape index (κ3) is 4.17. The Morgan fingerprint density at radius 2 is 2.14 bits per heavy atom. The third-order valence-electron chi connectivity index (χ3n) is 4.97. The average Bonchev–Trinajstić information content (AvgIpc) is 3.21. The fourth-order valence-electron chi connectivity index (χ4n) is 3.41. The zero-order chi connectivity index (χ0) is 21.1. The standard InChI is InChI=1S/C18H28N6O5/c1-4-11-23-12-15(19)21-8-22-16(12)24(11)17-14(26)13(25)10(29-17)7-20-6-9(3)18(27)28-5-2/h8-10,13-14,17,20,25-26H,4-7H2,1-3H3,(H2,19,21,22)/t9?,10-,13-,14-,17-/m1/s1. The first-order chi connectivity index (χ1) is 13.9. The number of rotatable bonds is 8. The highest BCUT2D eigenvalue weighted by atomic mass is 16.6. The van der Waals surface area contributed by atoms with Gasteiger partial charge in [0.25, 0.3) is 0 Å². The van der Waals surface area contributed by atoms with Gasteiger partial charge in [-0.15, -0.1) is 0 Å². The number of nitrogens with zero attached hydrogens (tertiary/aromatic N) is 4. The minimum Gasteiger partial charge on any atom is -0.466 e. The first-order valence-electron chi connectivity index (χ1n) is 9.75. The summed E-state index contributed by atoms with van der Waals surface area (Å²) in [6.45, 7) is 6.37. The van der Waals surface area contributed by atoms with Gasteiger partial charge in [-0.2, -0.15) is 0 Å². The summed E-state index contributed by atoms with van der Waals surface area (Å²) < 4.78 is 12.6. The number of imidazole rings is 1. The van der Waals surface area contributed by atoms with Crippen molar-refractivity contribution in [2.24, 2.45) is 5.92 Å². The maximum Gasteiger partial charge on any atom is 0.309 e. The molecule has 2 aromatic heterocycles. The molecule has 1 saturated heterocycles. The van der Waals surface area contributed by atoms with Crippen LogP contribution < -0.4 is 11.1 Å². The molecule has 1 aliphatic rings. The van der Waals surface area contributed by atoms with Crippen molar-refractivity contribution in [2.75, 3.05) is 25.4 Å². The fourth-order valence-corrected chi connectivity index (χ4v) is 3.41. The normalized spacial score (nSPS) is 25.4. The number of esters is 1. The Kier molecular flexibility index (Phi) is 6.63. The van der Waals surface area contributed by atoms with Crippen LogP contribution in [0.25, 0.3) is 11.2 Å². The molecule has 3 rings (SSSR count). The number of nitrogen functional groups attached to an aromatic ring is 1. The summed E-state index contributed by atoms with van der Waals surface area (Å²) in [5.74, 6) is 0.231. The first-order valence-corrected chi connectivity index (χ1v) is 9.75. The van der Waals surface area contributed by atoms with Crippen molar-refractivity contribution in [2.45, 2.75) is 51.7 Å². The smallest absolute Gasteiger partial charge is 0.309 e. The second-order valence-corrected chi connectivity index (χ2v) is 7.04. The van der Waals surface area contributed by atoms with Crippen LogP contribution in [0.5, 0.6) is 0 Å². The Morgan fingerprint density at radius 3 is 2.83 bits per heavy atom. The number of ether oxygens (including phenoxy) is 2. The van der Waals surface area contributed by atoms with Crippen molar-refractivity contribution < 1.29 is 24.5 Å². The van der Waals surface area contributed by atoms with E-state index in [4.69, 9.17) is 15.2 Å². The molecule has 1 aliphatic heterocycles. The minimum atomic E-state index is -1.18. The molecule has 2 aromatic rings. The van der Waals surface area contributed by atoms with Crippen molar-refractivity contribution >= 4 is 23.0 Å². The largest absolute Gasteiger partial charge is 0.466 e. The molecule has 5 atom stereocenters.